The van der Waals surface area contributed by atoms with Gasteiger partial charge in [0.1, 0.15) is 0 Å². The molecule has 1 aromatic heterocycles. The van der Waals surface area contributed by atoms with E-state index in [1.807, 2.05) is 0 Å². The molecule has 0 spiro atoms. The maximum Gasteiger partial charge on any atom is 0.0762 e. The highest BCUT2D eigenvalue weighted by molar-refractivity contribution is 4.99. The molecular formula is C17H31N3. The molecule has 0 bridgehead atoms. The molecule has 1 aromatic rings. The lowest BCUT2D eigenvalue weighted by Crippen LogP contribution is -2.33. The standard InChI is InChI=1S/C17H31N3/c1-4-14(2)20-12-11-17(19-20)13-18-15(3)16-9-7-5-6-8-10-16/h11-12,14-16,18H,4-10,13H2,1-3H3/t14?,15-/m1/s1. The summed E-state index contributed by atoms with van der Waals surface area (Å²) < 4.78 is 2.09. The highest BCUT2D eigenvalue weighted by Gasteiger charge is 2.18. The Morgan fingerprint density at radius 1 is 1.25 bits per heavy atom. The monoisotopic (exact) mass is 277 g/mol. The van der Waals surface area contributed by atoms with Crippen LogP contribution in [0.25, 0.3) is 0 Å². The van der Waals surface area contributed by atoms with Gasteiger partial charge in [-0.05, 0) is 45.1 Å². The van der Waals surface area contributed by atoms with Crippen molar-refractivity contribution in [3.05, 3.63) is 18.0 Å². The fourth-order valence-corrected chi connectivity index (χ4v) is 3.15. The number of rotatable bonds is 6. The van der Waals surface area contributed by atoms with Crippen molar-refractivity contribution >= 4 is 0 Å². The van der Waals surface area contributed by atoms with Gasteiger partial charge in [-0.1, -0.05) is 32.6 Å². The molecule has 0 aliphatic heterocycles. The molecule has 0 saturated heterocycles. The Morgan fingerprint density at radius 3 is 2.60 bits per heavy atom. The molecule has 3 heteroatoms. The van der Waals surface area contributed by atoms with E-state index in [0.29, 0.717) is 12.1 Å². The largest absolute Gasteiger partial charge is 0.308 e. The Labute approximate surface area is 124 Å². The van der Waals surface area contributed by atoms with Crippen LogP contribution in [0.1, 0.15) is 77.5 Å². The molecule has 0 aromatic carbocycles. The second-order valence-electron chi connectivity index (χ2n) is 6.47. The van der Waals surface area contributed by atoms with Gasteiger partial charge in [0.2, 0.25) is 0 Å². The van der Waals surface area contributed by atoms with Gasteiger partial charge >= 0.3 is 0 Å². The van der Waals surface area contributed by atoms with E-state index in [2.05, 4.69) is 48.1 Å². The van der Waals surface area contributed by atoms with Crippen LogP contribution in [-0.2, 0) is 6.54 Å². The van der Waals surface area contributed by atoms with Crippen molar-refractivity contribution in [2.75, 3.05) is 0 Å². The summed E-state index contributed by atoms with van der Waals surface area (Å²) in [5.74, 6) is 0.856. The minimum atomic E-state index is 0.503. The molecule has 2 rings (SSSR count). The van der Waals surface area contributed by atoms with Gasteiger partial charge in [-0.25, -0.2) is 0 Å². The van der Waals surface area contributed by atoms with Gasteiger partial charge in [0.25, 0.3) is 0 Å². The molecule has 1 aliphatic carbocycles. The molecule has 0 radical (unpaired) electrons. The number of aromatic nitrogens is 2. The second kappa shape index (κ2) is 7.82. The van der Waals surface area contributed by atoms with Crippen LogP contribution >= 0.6 is 0 Å². The van der Waals surface area contributed by atoms with Crippen LogP contribution in [0.3, 0.4) is 0 Å². The zero-order valence-corrected chi connectivity index (χ0v) is 13.4. The van der Waals surface area contributed by atoms with E-state index in [1.165, 1.54) is 44.2 Å². The van der Waals surface area contributed by atoms with E-state index in [1.54, 1.807) is 0 Å². The maximum atomic E-state index is 4.67. The molecule has 2 atom stereocenters. The van der Waals surface area contributed by atoms with Gasteiger partial charge in [-0.15, -0.1) is 0 Å². The molecule has 1 fully saturated rings. The number of nitrogens with zero attached hydrogens (tertiary/aromatic N) is 2. The molecule has 1 aliphatic rings. The van der Waals surface area contributed by atoms with Crippen LogP contribution in [0.15, 0.2) is 12.3 Å². The zero-order valence-electron chi connectivity index (χ0n) is 13.4. The van der Waals surface area contributed by atoms with Gasteiger partial charge in [0.05, 0.1) is 5.69 Å². The Balaban J connectivity index is 1.80. The first-order valence-electron chi connectivity index (χ1n) is 8.48. The topological polar surface area (TPSA) is 29.9 Å². The summed E-state index contributed by atoms with van der Waals surface area (Å²) in [7, 11) is 0. The van der Waals surface area contributed by atoms with Crippen LogP contribution in [0.4, 0.5) is 0 Å². The molecule has 1 heterocycles. The smallest absolute Gasteiger partial charge is 0.0762 e. The van der Waals surface area contributed by atoms with Crippen molar-refractivity contribution in [3.63, 3.8) is 0 Å². The Kier molecular flexibility index (Phi) is 6.08. The average Bonchev–Trinajstić information content (AvgIpc) is 2.77. The predicted octanol–water partition coefficient (Wildman–Crippen LogP) is 4.30. The first-order chi connectivity index (χ1) is 9.70. The van der Waals surface area contributed by atoms with E-state index < -0.39 is 0 Å². The fraction of sp³-hybridized carbons (Fsp3) is 0.824. The Bertz CT molecular complexity index is 377. The summed E-state index contributed by atoms with van der Waals surface area (Å²) in [6, 6.07) is 3.27. The SMILES string of the molecule is CCC(C)n1ccc(CN[C@H](C)C2CCCCCC2)n1. The lowest BCUT2D eigenvalue weighted by molar-refractivity contribution is 0.334. The van der Waals surface area contributed by atoms with E-state index >= 15 is 0 Å². The quantitative estimate of drug-likeness (QED) is 0.786. The first-order valence-corrected chi connectivity index (χ1v) is 8.48. The molecular weight excluding hydrogens is 246 g/mol. The highest BCUT2D eigenvalue weighted by Crippen LogP contribution is 2.25. The van der Waals surface area contributed by atoms with Crippen LogP contribution in [-0.4, -0.2) is 15.8 Å². The van der Waals surface area contributed by atoms with Gasteiger partial charge in [0, 0.05) is 24.8 Å². The molecule has 114 valence electrons. The molecule has 20 heavy (non-hydrogen) atoms. The van der Waals surface area contributed by atoms with E-state index in [-0.39, 0.29) is 0 Å². The summed E-state index contributed by atoms with van der Waals surface area (Å²) in [4.78, 5) is 0. The van der Waals surface area contributed by atoms with Crippen LogP contribution < -0.4 is 5.32 Å². The average molecular weight is 277 g/mol. The molecule has 1 unspecified atom stereocenters. The summed E-state index contributed by atoms with van der Waals surface area (Å²) in [5.41, 5.74) is 1.17. The summed E-state index contributed by atoms with van der Waals surface area (Å²) in [6.45, 7) is 7.68. The van der Waals surface area contributed by atoms with E-state index in [4.69, 9.17) is 0 Å². The molecule has 0 amide bonds. The van der Waals surface area contributed by atoms with Crippen LogP contribution in [0.2, 0.25) is 0 Å². The molecule has 1 saturated carbocycles. The minimum Gasteiger partial charge on any atom is -0.308 e. The molecule has 1 N–H and O–H groups in total. The lowest BCUT2D eigenvalue weighted by Gasteiger charge is -2.23. The normalized spacial score (nSPS) is 20.6. The fourth-order valence-electron chi connectivity index (χ4n) is 3.15. The Hall–Kier alpha value is -0.830. The maximum absolute atomic E-state index is 4.67. The third-order valence-corrected chi connectivity index (χ3v) is 4.92. The number of hydrogen-bond acceptors (Lipinski definition) is 2. The predicted molar refractivity (Wildman–Crippen MR) is 84.7 cm³/mol. The van der Waals surface area contributed by atoms with Gasteiger partial charge < -0.3 is 5.32 Å². The van der Waals surface area contributed by atoms with Gasteiger partial charge in [0.15, 0.2) is 0 Å². The number of hydrogen-bond donors (Lipinski definition) is 1. The summed E-state index contributed by atoms with van der Waals surface area (Å²) in [5, 5.41) is 8.36. The van der Waals surface area contributed by atoms with Crippen molar-refractivity contribution in [2.24, 2.45) is 5.92 Å². The lowest BCUT2D eigenvalue weighted by atomic mass is 9.93. The van der Waals surface area contributed by atoms with Gasteiger partial charge in [-0.2, -0.15) is 5.10 Å². The summed E-state index contributed by atoms with van der Waals surface area (Å²) in [6.07, 6.45) is 11.7. The number of nitrogens with one attached hydrogen (secondary N) is 1. The van der Waals surface area contributed by atoms with Crippen molar-refractivity contribution in [1.82, 2.24) is 15.1 Å². The van der Waals surface area contributed by atoms with Crippen LogP contribution in [0.5, 0.6) is 0 Å². The summed E-state index contributed by atoms with van der Waals surface area (Å²) >= 11 is 0. The third-order valence-electron chi connectivity index (χ3n) is 4.92. The second-order valence-corrected chi connectivity index (χ2v) is 6.47. The van der Waals surface area contributed by atoms with Crippen molar-refractivity contribution in [2.45, 2.75) is 84.3 Å². The zero-order chi connectivity index (χ0) is 14.4. The molecule has 3 nitrogen and oxygen atoms in total. The highest BCUT2D eigenvalue weighted by atomic mass is 15.3. The third kappa shape index (κ3) is 4.34. The van der Waals surface area contributed by atoms with E-state index in [9.17, 15) is 0 Å². The van der Waals surface area contributed by atoms with Crippen molar-refractivity contribution in [3.8, 4) is 0 Å². The Morgan fingerprint density at radius 2 is 1.95 bits per heavy atom. The first kappa shape index (κ1) is 15.6. The van der Waals surface area contributed by atoms with Crippen molar-refractivity contribution in [1.29, 1.82) is 0 Å². The minimum absolute atomic E-state index is 0.503. The van der Waals surface area contributed by atoms with E-state index in [0.717, 1.165) is 18.9 Å². The van der Waals surface area contributed by atoms with Crippen molar-refractivity contribution < 1.29 is 0 Å². The van der Waals surface area contributed by atoms with Crippen LogP contribution in [0, 0.1) is 5.92 Å². The van der Waals surface area contributed by atoms with Gasteiger partial charge in [-0.3, -0.25) is 4.68 Å².